The third-order valence-corrected chi connectivity index (χ3v) is 5.19. The fourth-order valence-electron chi connectivity index (χ4n) is 3.12. The fraction of sp³-hybridized carbons (Fsp3) is 0.364. The topological polar surface area (TPSA) is 55.8 Å². The van der Waals surface area contributed by atoms with Gasteiger partial charge in [0.1, 0.15) is 12.2 Å². The summed E-state index contributed by atoms with van der Waals surface area (Å²) in [5, 5.41) is 0.493. The molecule has 0 radical (unpaired) electrons. The van der Waals surface area contributed by atoms with E-state index in [2.05, 4.69) is 0 Å². The first kappa shape index (κ1) is 21.5. The van der Waals surface area contributed by atoms with Gasteiger partial charge in [-0.1, -0.05) is 53.5 Å². The van der Waals surface area contributed by atoms with Gasteiger partial charge in [0.05, 0.1) is 15.6 Å². The first-order chi connectivity index (χ1) is 13.7. The van der Waals surface area contributed by atoms with Gasteiger partial charge < -0.3 is 14.4 Å². The van der Waals surface area contributed by atoms with Gasteiger partial charge in [-0.25, -0.2) is 9.59 Å². The molecule has 29 heavy (non-hydrogen) atoms. The highest BCUT2D eigenvalue weighted by Crippen LogP contribution is 2.35. The second-order valence-corrected chi connectivity index (χ2v) is 8.68. The summed E-state index contributed by atoms with van der Waals surface area (Å²) < 4.78 is 10.8. The number of rotatable bonds is 3. The minimum atomic E-state index is -0.570. The number of hydrogen-bond acceptors (Lipinski definition) is 4. The molecule has 2 aromatic rings. The summed E-state index contributed by atoms with van der Waals surface area (Å²) in [5.41, 5.74) is 2.07. The number of halogens is 2. The zero-order chi connectivity index (χ0) is 21.2. The summed E-state index contributed by atoms with van der Waals surface area (Å²) in [6.45, 7) is 6.37. The van der Waals surface area contributed by atoms with Crippen LogP contribution in [0.15, 0.2) is 36.4 Å². The minimum absolute atomic E-state index is 0.135. The second kappa shape index (κ2) is 8.64. The summed E-state index contributed by atoms with van der Waals surface area (Å²) in [5.74, 6) is -0.568. The summed E-state index contributed by atoms with van der Waals surface area (Å²) in [6.07, 6.45) is 0.116. The molecule has 1 aliphatic rings. The lowest BCUT2D eigenvalue weighted by molar-refractivity contribution is 0.0223. The van der Waals surface area contributed by atoms with Gasteiger partial charge in [0.15, 0.2) is 0 Å². The molecule has 0 aromatic heterocycles. The van der Waals surface area contributed by atoms with E-state index in [1.54, 1.807) is 11.0 Å². The molecule has 0 saturated carbocycles. The lowest BCUT2D eigenvalue weighted by atomic mass is 9.97. The van der Waals surface area contributed by atoms with Gasteiger partial charge in [-0.05, 0) is 49.9 Å². The average Bonchev–Trinajstić information content (AvgIpc) is 2.65. The van der Waals surface area contributed by atoms with Crippen molar-refractivity contribution >= 4 is 35.3 Å². The third kappa shape index (κ3) is 5.22. The molecule has 0 spiro atoms. The molecule has 1 heterocycles. The molecule has 0 saturated heterocycles. The van der Waals surface area contributed by atoms with Crippen LogP contribution in [0.2, 0.25) is 10.0 Å². The van der Waals surface area contributed by atoms with Crippen LogP contribution < -0.4 is 0 Å². The Labute approximate surface area is 180 Å². The molecular weight excluding hydrogens is 413 g/mol. The standard InChI is InChI=1S/C22H23Cl2NO4/c1-22(2,3)29-21(27)25-10-9-16-15(12-25)11-17(23)18(19(16)24)20(26)28-13-14-7-5-4-6-8-14/h4-8,11H,9-10,12-13H2,1-3H3. The van der Waals surface area contributed by atoms with E-state index in [4.69, 9.17) is 32.7 Å². The van der Waals surface area contributed by atoms with E-state index in [9.17, 15) is 9.59 Å². The number of amides is 1. The number of carbonyl (C=O) groups is 2. The van der Waals surface area contributed by atoms with Crippen LogP contribution in [0.5, 0.6) is 0 Å². The molecule has 2 aromatic carbocycles. The molecule has 1 aliphatic heterocycles. The van der Waals surface area contributed by atoms with E-state index in [-0.39, 0.29) is 28.3 Å². The number of benzene rings is 2. The summed E-state index contributed by atoms with van der Waals surface area (Å²) >= 11 is 12.9. The number of nitrogens with zero attached hydrogens (tertiary/aromatic N) is 1. The average molecular weight is 436 g/mol. The molecule has 0 aliphatic carbocycles. The molecule has 154 valence electrons. The number of ether oxygens (including phenoxy) is 2. The maximum Gasteiger partial charge on any atom is 0.410 e. The van der Waals surface area contributed by atoms with Gasteiger partial charge in [-0.3, -0.25) is 0 Å². The van der Waals surface area contributed by atoms with Gasteiger partial charge in [0.25, 0.3) is 0 Å². The number of carbonyl (C=O) groups excluding carboxylic acids is 2. The van der Waals surface area contributed by atoms with Gasteiger partial charge >= 0.3 is 12.1 Å². The van der Waals surface area contributed by atoms with E-state index in [1.165, 1.54) is 0 Å². The van der Waals surface area contributed by atoms with Crippen LogP contribution in [-0.4, -0.2) is 29.1 Å². The van der Waals surface area contributed by atoms with Crippen molar-refractivity contribution in [1.29, 1.82) is 0 Å². The highest BCUT2D eigenvalue weighted by atomic mass is 35.5. The second-order valence-electron chi connectivity index (χ2n) is 7.90. The fourth-order valence-corrected chi connectivity index (χ4v) is 3.86. The summed E-state index contributed by atoms with van der Waals surface area (Å²) in [4.78, 5) is 26.6. The lowest BCUT2D eigenvalue weighted by Crippen LogP contribution is -2.40. The molecule has 7 heteroatoms. The van der Waals surface area contributed by atoms with Crippen LogP contribution in [0.1, 0.15) is 47.8 Å². The lowest BCUT2D eigenvalue weighted by Gasteiger charge is -2.32. The van der Waals surface area contributed by atoms with Crippen molar-refractivity contribution in [1.82, 2.24) is 4.90 Å². The Morgan fingerprint density at radius 1 is 1.14 bits per heavy atom. The maximum atomic E-state index is 12.6. The number of fused-ring (bicyclic) bond motifs is 1. The van der Waals surface area contributed by atoms with Crippen LogP contribution in [0.4, 0.5) is 4.79 Å². The monoisotopic (exact) mass is 435 g/mol. The molecule has 0 N–H and O–H groups in total. The van der Waals surface area contributed by atoms with E-state index in [0.29, 0.717) is 19.5 Å². The van der Waals surface area contributed by atoms with Gasteiger partial charge in [0, 0.05) is 13.1 Å². The number of esters is 1. The van der Waals surface area contributed by atoms with Crippen molar-refractivity contribution in [3.63, 3.8) is 0 Å². The first-order valence-corrected chi connectivity index (χ1v) is 10.1. The highest BCUT2D eigenvalue weighted by Gasteiger charge is 2.30. The Bertz CT molecular complexity index is 923. The maximum absolute atomic E-state index is 12.6. The minimum Gasteiger partial charge on any atom is -0.457 e. The highest BCUT2D eigenvalue weighted by molar-refractivity contribution is 6.40. The molecular formula is C22H23Cl2NO4. The summed E-state index contributed by atoms with van der Waals surface area (Å²) in [6, 6.07) is 11.1. The predicted octanol–water partition coefficient (Wildman–Crippen LogP) is 5.64. The molecule has 5 nitrogen and oxygen atoms in total. The van der Waals surface area contributed by atoms with Crippen LogP contribution in [-0.2, 0) is 29.0 Å². The van der Waals surface area contributed by atoms with Crippen molar-refractivity contribution in [2.45, 2.75) is 45.9 Å². The third-order valence-electron chi connectivity index (χ3n) is 4.47. The van der Waals surface area contributed by atoms with E-state index >= 15 is 0 Å². The molecule has 0 atom stereocenters. The van der Waals surface area contributed by atoms with E-state index in [1.807, 2.05) is 51.1 Å². The van der Waals surface area contributed by atoms with Crippen molar-refractivity contribution in [3.8, 4) is 0 Å². The van der Waals surface area contributed by atoms with Crippen LogP contribution in [0.25, 0.3) is 0 Å². The Morgan fingerprint density at radius 2 is 1.83 bits per heavy atom. The molecule has 0 unspecified atom stereocenters. The quantitative estimate of drug-likeness (QED) is 0.584. The number of hydrogen-bond donors (Lipinski definition) is 0. The summed E-state index contributed by atoms with van der Waals surface area (Å²) in [7, 11) is 0. The van der Waals surface area contributed by atoms with Crippen molar-refractivity contribution in [3.05, 3.63) is 68.7 Å². The predicted molar refractivity (Wildman–Crippen MR) is 112 cm³/mol. The van der Waals surface area contributed by atoms with Crippen molar-refractivity contribution in [2.24, 2.45) is 0 Å². The normalized spacial score (nSPS) is 13.6. The zero-order valence-electron chi connectivity index (χ0n) is 16.6. The molecule has 0 fully saturated rings. The Morgan fingerprint density at radius 3 is 2.48 bits per heavy atom. The first-order valence-electron chi connectivity index (χ1n) is 9.34. The van der Waals surface area contributed by atoms with Crippen molar-refractivity contribution in [2.75, 3.05) is 6.54 Å². The Hall–Kier alpha value is -2.24. The zero-order valence-corrected chi connectivity index (χ0v) is 18.1. The smallest absolute Gasteiger partial charge is 0.410 e. The van der Waals surface area contributed by atoms with Crippen LogP contribution in [0, 0.1) is 0 Å². The Kier molecular flexibility index (Phi) is 6.39. The van der Waals surface area contributed by atoms with E-state index in [0.717, 1.165) is 16.7 Å². The SMILES string of the molecule is CC(C)(C)OC(=O)N1CCc2c(cc(Cl)c(C(=O)OCc3ccccc3)c2Cl)C1. The van der Waals surface area contributed by atoms with E-state index < -0.39 is 11.6 Å². The Balaban J connectivity index is 1.77. The van der Waals surface area contributed by atoms with Crippen LogP contribution >= 0.6 is 23.2 Å². The van der Waals surface area contributed by atoms with Gasteiger partial charge in [0.2, 0.25) is 0 Å². The molecule has 0 bridgehead atoms. The molecule has 3 rings (SSSR count). The largest absolute Gasteiger partial charge is 0.457 e. The molecule has 1 amide bonds. The van der Waals surface area contributed by atoms with Gasteiger partial charge in [-0.2, -0.15) is 0 Å². The van der Waals surface area contributed by atoms with Crippen molar-refractivity contribution < 1.29 is 19.1 Å². The van der Waals surface area contributed by atoms with Crippen LogP contribution in [0.3, 0.4) is 0 Å². The van der Waals surface area contributed by atoms with Gasteiger partial charge in [-0.15, -0.1) is 0 Å².